The lowest BCUT2D eigenvalue weighted by Crippen LogP contribution is -2.31. The summed E-state index contributed by atoms with van der Waals surface area (Å²) in [6.07, 6.45) is 32.8. The highest BCUT2D eigenvalue weighted by Gasteiger charge is 2.42. The highest BCUT2D eigenvalue weighted by molar-refractivity contribution is 6.28. The average Bonchev–Trinajstić information content (AvgIpc) is 3.29. The summed E-state index contributed by atoms with van der Waals surface area (Å²) in [5.74, 6) is -1.29. The minimum atomic E-state index is -1.51. The molecular weight excluding hydrogens is 470 g/mol. The maximum atomic E-state index is 12.2. The number of nitrogens with zero attached hydrogens (tertiary/aromatic N) is 3. The number of esters is 1. The normalized spacial score (nSPS) is 17.9. The van der Waals surface area contributed by atoms with Crippen LogP contribution >= 0.6 is 0 Å². The third-order valence-corrected chi connectivity index (χ3v) is 5.18. The van der Waals surface area contributed by atoms with Crippen LogP contribution in [0.2, 0.25) is 0 Å². The SMILES string of the molecule is CC/C=C\C/C=C\C/C=C\C/C=C\C/C=C\C/C=C\CCC(=O)OCCC(=O)C1(C)N=CC([N+](=O)[O-])=N1. The number of ether oxygens (including phenoxy) is 1. The second kappa shape index (κ2) is 19.5. The van der Waals surface area contributed by atoms with Crippen LogP contribution in [0.3, 0.4) is 0 Å². The number of rotatable bonds is 18. The molecule has 1 aliphatic rings. The Balaban J connectivity index is 2.05. The summed E-state index contributed by atoms with van der Waals surface area (Å²) in [5.41, 5.74) is -1.51. The molecule has 1 atom stereocenters. The first kappa shape index (κ1) is 31.4. The van der Waals surface area contributed by atoms with Crippen LogP contribution in [0, 0.1) is 10.1 Å². The topological polar surface area (TPSA) is 111 Å². The van der Waals surface area contributed by atoms with E-state index in [1.807, 2.05) is 12.2 Å². The summed E-state index contributed by atoms with van der Waals surface area (Å²) >= 11 is 0. The van der Waals surface area contributed by atoms with Crippen molar-refractivity contribution in [3.05, 3.63) is 83.0 Å². The molecule has 37 heavy (non-hydrogen) atoms. The molecule has 1 rings (SSSR count). The minimum Gasteiger partial charge on any atom is -0.465 e. The Morgan fingerprint density at radius 3 is 1.81 bits per heavy atom. The number of hydrogen-bond acceptors (Lipinski definition) is 7. The molecule has 8 heteroatoms. The van der Waals surface area contributed by atoms with E-state index in [1.165, 1.54) is 6.92 Å². The molecular formula is C29H39N3O5. The molecule has 8 nitrogen and oxygen atoms in total. The first-order valence-corrected chi connectivity index (χ1v) is 12.8. The molecule has 0 saturated carbocycles. The molecule has 0 N–H and O–H groups in total. The fourth-order valence-electron chi connectivity index (χ4n) is 3.09. The number of carbonyl (C=O) groups excluding carboxylic acids is 2. The predicted molar refractivity (Wildman–Crippen MR) is 149 cm³/mol. The van der Waals surface area contributed by atoms with Crippen molar-refractivity contribution >= 4 is 23.8 Å². The lowest BCUT2D eigenvalue weighted by molar-refractivity contribution is -0.345. The average molecular weight is 510 g/mol. The molecule has 1 heterocycles. The summed E-state index contributed by atoms with van der Waals surface area (Å²) in [6.45, 7) is 3.43. The van der Waals surface area contributed by atoms with Crippen molar-refractivity contribution in [1.82, 2.24) is 0 Å². The number of allylic oxidation sites excluding steroid dienone is 12. The molecule has 0 fully saturated rings. The maximum Gasteiger partial charge on any atom is 0.379 e. The van der Waals surface area contributed by atoms with Crippen molar-refractivity contribution in [2.24, 2.45) is 9.98 Å². The largest absolute Gasteiger partial charge is 0.465 e. The van der Waals surface area contributed by atoms with Crippen molar-refractivity contribution in [1.29, 1.82) is 0 Å². The quantitative estimate of drug-likeness (QED) is 0.0913. The van der Waals surface area contributed by atoms with Gasteiger partial charge in [-0.3, -0.25) is 9.59 Å². The van der Waals surface area contributed by atoms with E-state index >= 15 is 0 Å². The molecule has 0 radical (unpaired) electrons. The second-order valence-corrected chi connectivity index (χ2v) is 8.35. The van der Waals surface area contributed by atoms with Crippen LogP contribution in [0.4, 0.5) is 0 Å². The van der Waals surface area contributed by atoms with Gasteiger partial charge in [0.25, 0.3) is 5.66 Å². The van der Waals surface area contributed by atoms with Gasteiger partial charge in [-0.1, -0.05) is 79.8 Å². The summed E-state index contributed by atoms with van der Waals surface area (Å²) < 4.78 is 5.07. The van der Waals surface area contributed by atoms with Gasteiger partial charge in [-0.15, -0.1) is 0 Å². The molecule has 1 unspecified atom stereocenters. The molecule has 0 bridgehead atoms. The maximum absolute atomic E-state index is 12.2. The Morgan fingerprint density at radius 2 is 1.35 bits per heavy atom. The van der Waals surface area contributed by atoms with E-state index in [9.17, 15) is 19.7 Å². The lowest BCUT2D eigenvalue weighted by atomic mass is 10.1. The molecule has 0 amide bonds. The summed E-state index contributed by atoms with van der Waals surface area (Å²) in [6, 6.07) is 0. The van der Waals surface area contributed by atoms with Gasteiger partial charge in [0.2, 0.25) is 5.78 Å². The highest BCUT2D eigenvalue weighted by atomic mass is 16.6. The lowest BCUT2D eigenvalue weighted by Gasteiger charge is -2.10. The Hall–Kier alpha value is -3.68. The van der Waals surface area contributed by atoms with Crippen LogP contribution in [0.25, 0.3) is 0 Å². The second-order valence-electron chi connectivity index (χ2n) is 8.35. The van der Waals surface area contributed by atoms with Crippen molar-refractivity contribution in [2.75, 3.05) is 6.61 Å². The third-order valence-electron chi connectivity index (χ3n) is 5.18. The fourth-order valence-corrected chi connectivity index (χ4v) is 3.09. The van der Waals surface area contributed by atoms with E-state index in [4.69, 9.17) is 4.74 Å². The van der Waals surface area contributed by atoms with Gasteiger partial charge in [-0.05, 0) is 54.9 Å². The molecule has 0 aromatic rings. The van der Waals surface area contributed by atoms with Crippen LogP contribution in [0.15, 0.2) is 82.9 Å². The van der Waals surface area contributed by atoms with Crippen LogP contribution in [0.5, 0.6) is 0 Å². The van der Waals surface area contributed by atoms with Crippen molar-refractivity contribution in [2.45, 2.75) is 77.3 Å². The smallest absolute Gasteiger partial charge is 0.379 e. The fraction of sp³-hybridized carbons (Fsp3) is 0.448. The number of hydrogen-bond donors (Lipinski definition) is 0. The Labute approximate surface area is 220 Å². The van der Waals surface area contributed by atoms with Crippen LogP contribution in [0.1, 0.15) is 71.6 Å². The van der Waals surface area contributed by atoms with Crippen LogP contribution in [-0.4, -0.2) is 41.0 Å². The standard InChI is InChI=1S/C29H39N3O5/c1-3-4-5-6-7-8-9-10-11-12-13-14-15-16-17-18-19-20-21-22-28(34)37-24-23-26(33)29(2)30-25-27(31-29)32(35)36/h4-5,7-8,10-11,13-14,16-17,19-20,25H,3,6,9,12,15,18,21-24H2,1-2H3/b5-4-,8-7-,11-10-,14-13-,17-16-,20-19-. The zero-order valence-electron chi connectivity index (χ0n) is 22.0. The molecule has 0 spiro atoms. The van der Waals surface area contributed by atoms with Crippen molar-refractivity contribution in [3.8, 4) is 0 Å². The van der Waals surface area contributed by atoms with Gasteiger partial charge in [0.05, 0.1) is 6.61 Å². The number of carbonyl (C=O) groups is 2. The first-order chi connectivity index (χ1) is 17.9. The highest BCUT2D eigenvalue weighted by Crippen LogP contribution is 2.20. The number of Topliss-reactive ketones (excluding diaryl/α,β-unsaturated/α-hetero) is 1. The van der Waals surface area contributed by atoms with Crippen LogP contribution in [-0.2, 0) is 14.3 Å². The molecule has 0 aromatic heterocycles. The molecule has 0 aromatic carbocycles. The number of ketones is 1. The summed E-state index contributed by atoms with van der Waals surface area (Å²) in [5, 5.41) is 10.7. The summed E-state index contributed by atoms with van der Waals surface area (Å²) in [4.78, 5) is 41.6. The van der Waals surface area contributed by atoms with Crippen LogP contribution < -0.4 is 0 Å². The van der Waals surface area contributed by atoms with Gasteiger partial charge in [0.15, 0.2) is 0 Å². The molecule has 1 aliphatic heterocycles. The third kappa shape index (κ3) is 15.1. The zero-order chi connectivity index (χ0) is 27.2. The first-order valence-electron chi connectivity index (χ1n) is 12.8. The van der Waals surface area contributed by atoms with E-state index in [0.29, 0.717) is 6.42 Å². The monoisotopic (exact) mass is 509 g/mol. The van der Waals surface area contributed by atoms with Gasteiger partial charge in [0, 0.05) is 19.8 Å². The zero-order valence-corrected chi connectivity index (χ0v) is 22.0. The van der Waals surface area contributed by atoms with Crippen molar-refractivity contribution in [3.63, 3.8) is 0 Å². The van der Waals surface area contributed by atoms with Gasteiger partial charge >= 0.3 is 11.8 Å². The number of amidine groups is 1. The summed E-state index contributed by atoms with van der Waals surface area (Å²) in [7, 11) is 0. The van der Waals surface area contributed by atoms with Gasteiger partial charge in [-0.25, -0.2) is 4.99 Å². The van der Waals surface area contributed by atoms with E-state index in [-0.39, 0.29) is 19.4 Å². The Bertz CT molecular complexity index is 970. The minimum absolute atomic E-state index is 0.101. The Morgan fingerprint density at radius 1 is 0.865 bits per heavy atom. The predicted octanol–water partition coefficient (Wildman–Crippen LogP) is 6.44. The molecule has 0 saturated heterocycles. The van der Waals surface area contributed by atoms with E-state index in [1.54, 1.807) is 0 Å². The van der Waals surface area contributed by atoms with Crippen molar-refractivity contribution < 1.29 is 19.2 Å². The number of nitro groups is 1. The van der Waals surface area contributed by atoms with E-state index in [2.05, 4.69) is 77.7 Å². The van der Waals surface area contributed by atoms with Gasteiger partial charge in [-0.2, -0.15) is 0 Å². The molecule has 200 valence electrons. The molecule has 0 aliphatic carbocycles. The van der Waals surface area contributed by atoms with Gasteiger partial charge in [0.1, 0.15) is 6.21 Å². The van der Waals surface area contributed by atoms with E-state index in [0.717, 1.165) is 44.7 Å². The Kier molecular flexibility index (Phi) is 16.5. The number of aliphatic imine (C=N–C) groups is 2. The van der Waals surface area contributed by atoms with E-state index < -0.39 is 28.2 Å². The van der Waals surface area contributed by atoms with Gasteiger partial charge < -0.3 is 14.9 Å².